The van der Waals surface area contributed by atoms with Crippen LogP contribution in [0.15, 0.2) is 55.0 Å². The van der Waals surface area contributed by atoms with E-state index in [1.54, 1.807) is 23.1 Å². The largest absolute Gasteiger partial charge is 0.453 e. The Hall–Kier alpha value is -2.89. The Kier molecular flexibility index (Phi) is 4.74. The Morgan fingerprint density at radius 3 is 2.67 bits per heavy atom. The second-order valence-electron chi connectivity index (χ2n) is 5.81. The van der Waals surface area contributed by atoms with Crippen LogP contribution in [0, 0.1) is 0 Å². The van der Waals surface area contributed by atoms with E-state index in [-0.39, 0.29) is 12.6 Å². The normalized spacial score (nSPS) is 11.0. The van der Waals surface area contributed by atoms with Gasteiger partial charge in [0.15, 0.2) is 5.69 Å². The number of benzene rings is 1. The maximum atomic E-state index is 12.1. The maximum Gasteiger partial charge on any atom is 0.359 e. The molecule has 124 valence electrons. The predicted molar refractivity (Wildman–Crippen MR) is 89.5 cm³/mol. The van der Waals surface area contributed by atoms with Gasteiger partial charge in [0.25, 0.3) is 0 Å². The standard InChI is InChI=1S/C18H20N4O2/c1-14(2)22-10-8-16(20-22)18(23)24-13-17-19-9-11-21(17)12-15-6-4-3-5-7-15/h3-11,14H,12-13H2,1-2H3. The van der Waals surface area contributed by atoms with Crippen molar-refractivity contribution in [1.82, 2.24) is 19.3 Å². The smallest absolute Gasteiger partial charge is 0.359 e. The molecule has 0 atom stereocenters. The van der Waals surface area contributed by atoms with Gasteiger partial charge in [-0.15, -0.1) is 0 Å². The van der Waals surface area contributed by atoms with E-state index in [1.165, 1.54) is 5.56 Å². The fourth-order valence-electron chi connectivity index (χ4n) is 2.34. The monoisotopic (exact) mass is 324 g/mol. The molecule has 0 aliphatic carbocycles. The highest BCUT2D eigenvalue weighted by Crippen LogP contribution is 2.09. The van der Waals surface area contributed by atoms with Crippen molar-refractivity contribution in [1.29, 1.82) is 0 Å². The second kappa shape index (κ2) is 7.12. The summed E-state index contributed by atoms with van der Waals surface area (Å²) in [5.74, 6) is 0.263. The Morgan fingerprint density at radius 1 is 1.17 bits per heavy atom. The lowest BCUT2D eigenvalue weighted by Gasteiger charge is -2.08. The van der Waals surface area contributed by atoms with E-state index in [0.717, 1.165) is 0 Å². The van der Waals surface area contributed by atoms with Gasteiger partial charge in [-0.25, -0.2) is 9.78 Å². The van der Waals surface area contributed by atoms with Crippen molar-refractivity contribution in [2.45, 2.75) is 33.0 Å². The highest BCUT2D eigenvalue weighted by Gasteiger charge is 2.14. The quantitative estimate of drug-likeness (QED) is 0.654. The zero-order valence-corrected chi connectivity index (χ0v) is 13.8. The molecule has 0 aliphatic rings. The van der Waals surface area contributed by atoms with Gasteiger partial charge in [0.2, 0.25) is 0 Å². The third-order valence-corrected chi connectivity index (χ3v) is 3.68. The Balaban J connectivity index is 1.62. The molecule has 0 radical (unpaired) electrons. The number of imidazole rings is 1. The third kappa shape index (κ3) is 3.71. The number of carbonyl (C=O) groups is 1. The summed E-state index contributed by atoms with van der Waals surface area (Å²) in [7, 11) is 0. The molecule has 24 heavy (non-hydrogen) atoms. The molecule has 2 aromatic heterocycles. The van der Waals surface area contributed by atoms with E-state index in [1.807, 2.05) is 54.9 Å². The van der Waals surface area contributed by atoms with Crippen LogP contribution in [0.4, 0.5) is 0 Å². The summed E-state index contributed by atoms with van der Waals surface area (Å²) in [5.41, 5.74) is 1.48. The highest BCUT2D eigenvalue weighted by molar-refractivity contribution is 5.86. The molecular weight excluding hydrogens is 304 g/mol. The van der Waals surface area contributed by atoms with E-state index in [2.05, 4.69) is 10.1 Å². The minimum atomic E-state index is -0.441. The zero-order chi connectivity index (χ0) is 16.9. The third-order valence-electron chi connectivity index (χ3n) is 3.68. The minimum Gasteiger partial charge on any atom is -0.453 e. The van der Waals surface area contributed by atoms with Gasteiger partial charge in [0, 0.05) is 31.2 Å². The number of hydrogen-bond acceptors (Lipinski definition) is 4. The average Bonchev–Trinajstić information content (AvgIpc) is 3.23. The average molecular weight is 324 g/mol. The van der Waals surface area contributed by atoms with Crippen LogP contribution in [-0.2, 0) is 17.9 Å². The first-order valence-corrected chi connectivity index (χ1v) is 7.89. The summed E-state index contributed by atoms with van der Waals surface area (Å²) in [6.45, 7) is 4.81. The van der Waals surface area contributed by atoms with Gasteiger partial charge in [0.1, 0.15) is 12.4 Å². The van der Waals surface area contributed by atoms with Crippen LogP contribution in [0.1, 0.15) is 41.8 Å². The molecular formula is C18H20N4O2. The van der Waals surface area contributed by atoms with E-state index in [9.17, 15) is 4.79 Å². The van der Waals surface area contributed by atoms with Crippen LogP contribution in [0.3, 0.4) is 0 Å². The molecule has 0 amide bonds. The van der Waals surface area contributed by atoms with Crippen molar-refractivity contribution >= 4 is 5.97 Å². The minimum absolute atomic E-state index is 0.118. The lowest BCUT2D eigenvalue weighted by atomic mass is 10.2. The van der Waals surface area contributed by atoms with Crippen molar-refractivity contribution in [2.75, 3.05) is 0 Å². The van der Waals surface area contributed by atoms with Crippen LogP contribution in [0.5, 0.6) is 0 Å². The number of nitrogens with zero attached hydrogens (tertiary/aromatic N) is 4. The number of ether oxygens (including phenoxy) is 1. The summed E-state index contributed by atoms with van der Waals surface area (Å²) in [4.78, 5) is 16.4. The number of aromatic nitrogens is 4. The first kappa shape index (κ1) is 16.0. The molecule has 0 bridgehead atoms. The Bertz CT molecular complexity index is 805. The van der Waals surface area contributed by atoms with Crippen LogP contribution in [0.25, 0.3) is 0 Å². The molecule has 1 aromatic carbocycles. The van der Waals surface area contributed by atoms with Crippen LogP contribution in [-0.4, -0.2) is 25.3 Å². The highest BCUT2D eigenvalue weighted by atomic mass is 16.5. The molecule has 3 aromatic rings. The van der Waals surface area contributed by atoms with Gasteiger partial charge in [0.05, 0.1) is 0 Å². The SMILES string of the molecule is CC(C)n1ccc(C(=O)OCc2nccn2Cc2ccccc2)n1. The molecule has 0 spiro atoms. The van der Waals surface area contributed by atoms with E-state index >= 15 is 0 Å². The molecule has 0 saturated carbocycles. The van der Waals surface area contributed by atoms with E-state index < -0.39 is 5.97 Å². The fourth-order valence-corrected chi connectivity index (χ4v) is 2.34. The van der Waals surface area contributed by atoms with E-state index in [0.29, 0.717) is 18.1 Å². The summed E-state index contributed by atoms with van der Waals surface area (Å²) < 4.78 is 9.04. The van der Waals surface area contributed by atoms with Gasteiger partial charge < -0.3 is 9.30 Å². The molecule has 3 rings (SSSR count). The molecule has 2 heterocycles. The van der Waals surface area contributed by atoms with Crippen molar-refractivity contribution in [3.05, 3.63) is 72.1 Å². The van der Waals surface area contributed by atoms with Gasteiger partial charge in [-0.2, -0.15) is 5.10 Å². The van der Waals surface area contributed by atoms with Gasteiger partial charge in [-0.05, 0) is 25.5 Å². The maximum absolute atomic E-state index is 12.1. The second-order valence-corrected chi connectivity index (χ2v) is 5.81. The molecule has 0 unspecified atom stereocenters. The molecule has 6 heteroatoms. The number of esters is 1. The van der Waals surface area contributed by atoms with Crippen molar-refractivity contribution < 1.29 is 9.53 Å². The lowest BCUT2D eigenvalue weighted by molar-refractivity contribution is 0.0450. The van der Waals surface area contributed by atoms with Gasteiger partial charge in [-0.1, -0.05) is 30.3 Å². The first-order valence-electron chi connectivity index (χ1n) is 7.89. The van der Waals surface area contributed by atoms with Gasteiger partial charge >= 0.3 is 5.97 Å². The van der Waals surface area contributed by atoms with Gasteiger partial charge in [-0.3, -0.25) is 4.68 Å². The zero-order valence-electron chi connectivity index (χ0n) is 13.8. The fraction of sp³-hybridized carbons (Fsp3) is 0.278. The number of rotatable bonds is 6. The molecule has 0 fully saturated rings. The molecule has 0 saturated heterocycles. The lowest BCUT2D eigenvalue weighted by Crippen LogP contribution is -2.12. The Labute approximate surface area is 140 Å². The van der Waals surface area contributed by atoms with Crippen LogP contribution in [0.2, 0.25) is 0 Å². The Morgan fingerprint density at radius 2 is 1.96 bits per heavy atom. The topological polar surface area (TPSA) is 61.9 Å². The van der Waals surface area contributed by atoms with Crippen molar-refractivity contribution in [2.24, 2.45) is 0 Å². The van der Waals surface area contributed by atoms with Crippen molar-refractivity contribution in [3.63, 3.8) is 0 Å². The molecule has 0 N–H and O–H groups in total. The van der Waals surface area contributed by atoms with Crippen LogP contribution >= 0.6 is 0 Å². The number of carbonyl (C=O) groups excluding carboxylic acids is 1. The molecule has 0 aliphatic heterocycles. The first-order chi connectivity index (χ1) is 11.6. The summed E-state index contributed by atoms with van der Waals surface area (Å²) >= 11 is 0. The number of hydrogen-bond donors (Lipinski definition) is 0. The summed E-state index contributed by atoms with van der Waals surface area (Å²) in [6.07, 6.45) is 5.36. The summed E-state index contributed by atoms with van der Waals surface area (Å²) in [5, 5.41) is 4.21. The van der Waals surface area contributed by atoms with E-state index in [4.69, 9.17) is 4.74 Å². The summed E-state index contributed by atoms with van der Waals surface area (Å²) in [6, 6.07) is 11.9. The predicted octanol–water partition coefficient (Wildman–Crippen LogP) is 3.07. The molecule has 6 nitrogen and oxygen atoms in total. The van der Waals surface area contributed by atoms with Crippen LogP contribution < -0.4 is 0 Å². The van der Waals surface area contributed by atoms with Crippen molar-refractivity contribution in [3.8, 4) is 0 Å².